The number of phenolic OH excluding ortho intramolecular Hbond substituents is 2. The molecule has 0 aliphatic heterocycles. The molecule has 0 aromatic heterocycles. The van der Waals surface area contributed by atoms with Gasteiger partial charge in [-0.25, -0.2) is 0 Å². The number of unbranched alkanes of at least 4 members (excludes halogenated alkanes) is 12. The standard InChI is InChI=1S/C21H36O5S2.Na.H/c1-2-3-4-5-6-7-8-9-10-11-12-13-14-15-27-20-16-19(23)21(17-18(20)22)28(24,25)26;;/h16-17,22-23H,2-15H2,1H3,(H,24,25,26);;. The molecule has 0 bridgehead atoms. The first-order chi connectivity index (χ1) is 13.4. The van der Waals surface area contributed by atoms with Crippen LogP contribution in [-0.2, 0) is 10.1 Å². The molecule has 8 heteroatoms. The van der Waals surface area contributed by atoms with Gasteiger partial charge in [0.05, 0.1) is 4.90 Å². The van der Waals surface area contributed by atoms with Crippen molar-refractivity contribution >= 4 is 51.4 Å². The van der Waals surface area contributed by atoms with Crippen molar-refractivity contribution in [2.75, 3.05) is 5.75 Å². The van der Waals surface area contributed by atoms with Gasteiger partial charge in [0.2, 0.25) is 0 Å². The molecule has 0 radical (unpaired) electrons. The molecule has 0 atom stereocenters. The quantitative estimate of drug-likeness (QED) is 0.0945. The van der Waals surface area contributed by atoms with Crippen LogP contribution in [0.25, 0.3) is 0 Å². The fourth-order valence-corrected chi connectivity index (χ4v) is 4.72. The van der Waals surface area contributed by atoms with Crippen molar-refractivity contribution in [3.05, 3.63) is 12.1 Å². The molecule has 0 aliphatic carbocycles. The fraction of sp³-hybridized carbons (Fsp3) is 0.714. The molecule has 1 aromatic rings. The van der Waals surface area contributed by atoms with Gasteiger partial charge in [-0.3, -0.25) is 4.55 Å². The Morgan fingerprint density at radius 1 is 0.759 bits per heavy atom. The number of thioether (sulfide) groups is 1. The van der Waals surface area contributed by atoms with Crippen molar-refractivity contribution in [3.63, 3.8) is 0 Å². The molecule has 3 N–H and O–H groups in total. The van der Waals surface area contributed by atoms with Gasteiger partial charge in [0.15, 0.2) is 0 Å². The molecule has 164 valence electrons. The van der Waals surface area contributed by atoms with Crippen LogP contribution in [0, 0.1) is 0 Å². The third-order valence-electron chi connectivity index (χ3n) is 4.82. The zero-order valence-corrected chi connectivity index (χ0v) is 18.7. The predicted molar refractivity (Wildman–Crippen MR) is 123 cm³/mol. The van der Waals surface area contributed by atoms with E-state index in [9.17, 15) is 18.6 Å². The van der Waals surface area contributed by atoms with E-state index < -0.39 is 20.8 Å². The third-order valence-corrected chi connectivity index (χ3v) is 6.84. The van der Waals surface area contributed by atoms with E-state index >= 15 is 0 Å². The minimum atomic E-state index is -4.54. The third kappa shape index (κ3) is 13.2. The van der Waals surface area contributed by atoms with Crippen molar-refractivity contribution in [1.29, 1.82) is 0 Å². The Balaban J connectivity index is 0.00000784. The fourth-order valence-electron chi connectivity index (χ4n) is 3.16. The van der Waals surface area contributed by atoms with Crippen molar-refractivity contribution < 1.29 is 23.2 Å². The summed E-state index contributed by atoms with van der Waals surface area (Å²) in [5.41, 5.74) is 0. The predicted octanol–water partition coefficient (Wildman–Crippen LogP) is 5.88. The Hall–Kier alpha value is 0.0800. The first-order valence-electron chi connectivity index (χ1n) is 10.5. The number of aromatic hydroxyl groups is 2. The molecule has 1 aromatic carbocycles. The summed E-state index contributed by atoms with van der Waals surface area (Å²) in [5.74, 6) is -0.00558. The van der Waals surface area contributed by atoms with E-state index in [1.807, 2.05) is 0 Å². The van der Waals surface area contributed by atoms with Gasteiger partial charge in [-0.1, -0.05) is 84.0 Å². The molecular formula is C21H37NaO5S2. The minimum absolute atomic E-state index is 0. The molecule has 29 heavy (non-hydrogen) atoms. The zero-order chi connectivity index (χ0) is 20.8. The number of phenols is 2. The van der Waals surface area contributed by atoms with Gasteiger partial charge in [0, 0.05) is 6.07 Å². The van der Waals surface area contributed by atoms with Crippen LogP contribution in [0.4, 0.5) is 0 Å². The van der Waals surface area contributed by atoms with E-state index in [-0.39, 0.29) is 35.3 Å². The van der Waals surface area contributed by atoms with Gasteiger partial charge in [-0.05, 0) is 18.2 Å². The van der Waals surface area contributed by atoms with Crippen molar-refractivity contribution in [2.45, 2.75) is 100 Å². The molecule has 0 aliphatic rings. The number of benzene rings is 1. The normalized spacial score (nSPS) is 11.4. The Labute approximate surface area is 203 Å². The average Bonchev–Trinajstić information content (AvgIpc) is 2.63. The maximum absolute atomic E-state index is 11.1. The maximum atomic E-state index is 11.1. The molecule has 0 spiro atoms. The topological polar surface area (TPSA) is 94.8 Å². The summed E-state index contributed by atoms with van der Waals surface area (Å²) in [4.78, 5) is -0.251. The Morgan fingerprint density at radius 3 is 1.66 bits per heavy atom. The van der Waals surface area contributed by atoms with Gasteiger partial charge in [0.1, 0.15) is 16.4 Å². The summed E-state index contributed by atoms with van der Waals surface area (Å²) in [6.45, 7) is 2.25. The molecule has 0 amide bonds. The van der Waals surface area contributed by atoms with Crippen LogP contribution in [-0.4, -0.2) is 58.5 Å². The molecule has 0 heterocycles. The van der Waals surface area contributed by atoms with Crippen molar-refractivity contribution in [1.82, 2.24) is 0 Å². The SMILES string of the molecule is CCCCCCCCCCCCCCCSc1cc(O)c(S(=O)(=O)O)cc1O.[NaH]. The second kappa shape index (κ2) is 16.7. The summed E-state index contributed by atoms with van der Waals surface area (Å²) in [6, 6.07) is 2.07. The van der Waals surface area contributed by atoms with Crippen LogP contribution in [0.15, 0.2) is 21.9 Å². The molecule has 0 unspecified atom stereocenters. The van der Waals surface area contributed by atoms with Crippen LogP contribution >= 0.6 is 11.8 Å². The average molecular weight is 457 g/mol. The van der Waals surface area contributed by atoms with Gasteiger partial charge in [-0.2, -0.15) is 8.42 Å². The van der Waals surface area contributed by atoms with Gasteiger partial charge in [0.25, 0.3) is 10.1 Å². The molecule has 1 rings (SSSR count). The second-order valence-electron chi connectivity index (χ2n) is 7.35. The monoisotopic (exact) mass is 456 g/mol. The summed E-state index contributed by atoms with van der Waals surface area (Å²) >= 11 is 1.38. The summed E-state index contributed by atoms with van der Waals surface area (Å²) < 4.78 is 31.2. The van der Waals surface area contributed by atoms with Crippen LogP contribution in [0.3, 0.4) is 0 Å². The first kappa shape index (κ1) is 29.1. The van der Waals surface area contributed by atoms with Crippen LogP contribution in [0.2, 0.25) is 0 Å². The van der Waals surface area contributed by atoms with E-state index in [1.54, 1.807) is 0 Å². The first-order valence-corrected chi connectivity index (χ1v) is 12.9. The van der Waals surface area contributed by atoms with E-state index in [2.05, 4.69) is 6.92 Å². The molecular weight excluding hydrogens is 419 g/mol. The van der Waals surface area contributed by atoms with Gasteiger partial charge >= 0.3 is 29.6 Å². The van der Waals surface area contributed by atoms with Crippen LogP contribution < -0.4 is 0 Å². The van der Waals surface area contributed by atoms with E-state index in [0.717, 1.165) is 24.7 Å². The second-order valence-corrected chi connectivity index (χ2v) is 9.88. The van der Waals surface area contributed by atoms with Crippen LogP contribution in [0.1, 0.15) is 90.4 Å². The zero-order valence-electron chi connectivity index (χ0n) is 17.0. The van der Waals surface area contributed by atoms with E-state index in [0.29, 0.717) is 4.90 Å². The van der Waals surface area contributed by atoms with E-state index in [4.69, 9.17) is 4.55 Å². The van der Waals surface area contributed by atoms with Gasteiger partial charge in [-0.15, -0.1) is 11.8 Å². The summed E-state index contributed by atoms with van der Waals surface area (Å²) in [5, 5.41) is 19.6. The van der Waals surface area contributed by atoms with Crippen molar-refractivity contribution in [2.24, 2.45) is 0 Å². The summed E-state index contributed by atoms with van der Waals surface area (Å²) in [6.07, 6.45) is 16.8. The number of hydrogen-bond acceptors (Lipinski definition) is 5. The Bertz CT molecular complexity index is 665. The molecule has 0 fully saturated rings. The number of rotatable bonds is 16. The van der Waals surface area contributed by atoms with Crippen LogP contribution in [0.5, 0.6) is 11.5 Å². The molecule has 0 saturated carbocycles. The van der Waals surface area contributed by atoms with E-state index in [1.165, 1.54) is 88.5 Å². The Kier molecular flexibility index (Phi) is 16.8. The van der Waals surface area contributed by atoms with Gasteiger partial charge < -0.3 is 10.2 Å². The number of hydrogen-bond donors (Lipinski definition) is 3. The molecule has 0 saturated heterocycles. The summed E-state index contributed by atoms with van der Waals surface area (Å²) in [7, 11) is -4.54. The Morgan fingerprint density at radius 2 is 1.21 bits per heavy atom. The molecule has 5 nitrogen and oxygen atoms in total. The van der Waals surface area contributed by atoms with Crippen molar-refractivity contribution in [3.8, 4) is 11.5 Å².